The zero-order valence-electron chi connectivity index (χ0n) is 16.4. The summed E-state index contributed by atoms with van der Waals surface area (Å²) in [5.41, 5.74) is 0.674. The van der Waals surface area contributed by atoms with Gasteiger partial charge in [-0.3, -0.25) is 9.59 Å². The van der Waals surface area contributed by atoms with E-state index in [4.69, 9.17) is 0 Å². The zero-order chi connectivity index (χ0) is 19.0. The van der Waals surface area contributed by atoms with Crippen molar-refractivity contribution in [2.45, 2.75) is 63.5 Å². The zero-order valence-corrected chi connectivity index (χ0v) is 16.4. The van der Waals surface area contributed by atoms with Crippen LogP contribution in [0.2, 0.25) is 0 Å². The predicted octanol–water partition coefficient (Wildman–Crippen LogP) is 2.97. The Balaban J connectivity index is 1.82. The second kappa shape index (κ2) is 9.72. The van der Waals surface area contributed by atoms with Crippen molar-refractivity contribution in [3.63, 3.8) is 0 Å². The maximum absolute atomic E-state index is 12.4. The van der Waals surface area contributed by atoms with E-state index >= 15 is 0 Å². The number of nitrogens with one attached hydrogen (secondary N) is 2. The first-order valence-electron chi connectivity index (χ1n) is 9.73. The van der Waals surface area contributed by atoms with Gasteiger partial charge in [0.2, 0.25) is 5.91 Å². The van der Waals surface area contributed by atoms with E-state index in [0.29, 0.717) is 18.5 Å². The highest BCUT2D eigenvalue weighted by molar-refractivity contribution is 5.94. The Hall–Kier alpha value is -1.88. The number of nitrogens with zero attached hydrogens (tertiary/aromatic N) is 1. The largest absolute Gasteiger partial charge is 0.354 e. The van der Waals surface area contributed by atoms with Crippen LogP contribution in [0.25, 0.3) is 0 Å². The first kappa shape index (κ1) is 20.4. The molecule has 144 valence electrons. The van der Waals surface area contributed by atoms with Crippen LogP contribution in [0.15, 0.2) is 30.3 Å². The van der Waals surface area contributed by atoms with E-state index in [1.165, 1.54) is 25.7 Å². The van der Waals surface area contributed by atoms with Crippen LogP contribution >= 0.6 is 0 Å². The number of carbonyl (C=O) groups is 2. The molecule has 0 bridgehead atoms. The Morgan fingerprint density at radius 1 is 1.08 bits per heavy atom. The van der Waals surface area contributed by atoms with Gasteiger partial charge in [0.05, 0.1) is 0 Å². The molecule has 2 rings (SSSR count). The molecular formula is C21H33N3O2. The Kier molecular flexibility index (Phi) is 7.64. The van der Waals surface area contributed by atoms with Crippen molar-refractivity contribution < 1.29 is 9.59 Å². The maximum atomic E-state index is 12.4. The van der Waals surface area contributed by atoms with Crippen LogP contribution in [-0.4, -0.2) is 48.9 Å². The number of benzene rings is 1. The Labute approximate surface area is 157 Å². The van der Waals surface area contributed by atoms with Gasteiger partial charge in [-0.15, -0.1) is 0 Å². The molecule has 1 fully saturated rings. The minimum absolute atomic E-state index is 0.00339. The van der Waals surface area contributed by atoms with Gasteiger partial charge in [-0.05, 0) is 46.0 Å². The molecule has 1 aliphatic carbocycles. The van der Waals surface area contributed by atoms with Gasteiger partial charge in [-0.25, -0.2) is 0 Å². The number of likely N-dealkylation sites (N-methyl/N-ethyl adjacent to an activating group) is 1. The molecule has 1 saturated carbocycles. The van der Waals surface area contributed by atoms with Gasteiger partial charge in [0.1, 0.15) is 0 Å². The molecule has 1 atom stereocenters. The van der Waals surface area contributed by atoms with Crippen molar-refractivity contribution in [2.75, 3.05) is 20.6 Å². The predicted molar refractivity (Wildman–Crippen MR) is 105 cm³/mol. The summed E-state index contributed by atoms with van der Waals surface area (Å²) in [6, 6.07) is 8.89. The highest BCUT2D eigenvalue weighted by Gasteiger charge is 2.33. The number of amides is 2. The summed E-state index contributed by atoms with van der Waals surface area (Å²) >= 11 is 0. The minimum Gasteiger partial charge on any atom is -0.354 e. The molecule has 5 nitrogen and oxygen atoms in total. The third-order valence-corrected chi connectivity index (χ3v) is 5.50. The van der Waals surface area contributed by atoms with Crippen molar-refractivity contribution >= 4 is 11.8 Å². The first-order chi connectivity index (χ1) is 12.4. The smallest absolute Gasteiger partial charge is 0.251 e. The SMILES string of the molecule is CC(CC(=O)NCC1(N(C)C)CCCCCC1)NC(=O)c1ccccc1. The first-order valence-corrected chi connectivity index (χ1v) is 9.73. The summed E-state index contributed by atoms with van der Waals surface area (Å²) in [6.45, 7) is 2.55. The third kappa shape index (κ3) is 5.84. The summed E-state index contributed by atoms with van der Waals surface area (Å²) in [5.74, 6) is -0.143. The fraction of sp³-hybridized carbons (Fsp3) is 0.619. The standard InChI is InChI=1S/C21H33N3O2/c1-17(23-20(26)18-11-7-6-8-12-18)15-19(25)22-16-21(24(2)3)13-9-4-5-10-14-21/h6-8,11-12,17H,4-5,9-10,13-16H2,1-3H3,(H,22,25)(H,23,26). The van der Waals surface area contributed by atoms with E-state index in [1.54, 1.807) is 12.1 Å². The van der Waals surface area contributed by atoms with Gasteiger partial charge < -0.3 is 15.5 Å². The van der Waals surface area contributed by atoms with Crippen LogP contribution in [-0.2, 0) is 4.79 Å². The van der Waals surface area contributed by atoms with Crippen LogP contribution in [0.1, 0.15) is 62.2 Å². The van der Waals surface area contributed by atoms with Crippen molar-refractivity contribution in [3.05, 3.63) is 35.9 Å². The molecule has 5 heteroatoms. The average Bonchev–Trinajstić information content (AvgIpc) is 2.87. The van der Waals surface area contributed by atoms with E-state index in [9.17, 15) is 9.59 Å². The topological polar surface area (TPSA) is 61.4 Å². The fourth-order valence-electron chi connectivity index (χ4n) is 3.73. The molecule has 2 N–H and O–H groups in total. The van der Waals surface area contributed by atoms with Crippen LogP contribution in [0.5, 0.6) is 0 Å². The van der Waals surface area contributed by atoms with Crippen molar-refractivity contribution in [1.29, 1.82) is 0 Å². The lowest BCUT2D eigenvalue weighted by Gasteiger charge is -2.39. The van der Waals surface area contributed by atoms with Crippen LogP contribution < -0.4 is 10.6 Å². The number of hydrogen-bond acceptors (Lipinski definition) is 3. The fourth-order valence-corrected chi connectivity index (χ4v) is 3.73. The Bertz CT molecular complexity index is 578. The molecule has 26 heavy (non-hydrogen) atoms. The van der Waals surface area contributed by atoms with Crippen LogP contribution in [0.3, 0.4) is 0 Å². The van der Waals surface area contributed by atoms with Crippen LogP contribution in [0.4, 0.5) is 0 Å². The summed E-state index contributed by atoms with van der Waals surface area (Å²) < 4.78 is 0. The van der Waals surface area contributed by atoms with Gasteiger partial charge >= 0.3 is 0 Å². The normalized spacial score (nSPS) is 18.0. The molecule has 0 radical (unpaired) electrons. The number of rotatable bonds is 7. The molecule has 0 aromatic heterocycles. The van der Waals surface area contributed by atoms with Gasteiger partial charge in [-0.1, -0.05) is 43.9 Å². The molecular weight excluding hydrogens is 326 g/mol. The number of hydrogen-bond donors (Lipinski definition) is 2. The maximum Gasteiger partial charge on any atom is 0.251 e. The molecule has 1 aromatic carbocycles. The highest BCUT2D eigenvalue weighted by atomic mass is 16.2. The van der Waals surface area contributed by atoms with Crippen LogP contribution in [0, 0.1) is 0 Å². The van der Waals surface area contributed by atoms with Gasteiger partial charge in [0.15, 0.2) is 0 Å². The molecule has 0 spiro atoms. The van der Waals surface area contributed by atoms with Crippen molar-refractivity contribution in [2.24, 2.45) is 0 Å². The average molecular weight is 360 g/mol. The number of carbonyl (C=O) groups excluding carboxylic acids is 2. The molecule has 1 aromatic rings. The second-order valence-corrected chi connectivity index (χ2v) is 7.75. The van der Waals surface area contributed by atoms with E-state index in [0.717, 1.165) is 12.8 Å². The van der Waals surface area contributed by atoms with Crippen molar-refractivity contribution in [3.8, 4) is 0 Å². The van der Waals surface area contributed by atoms with Crippen molar-refractivity contribution in [1.82, 2.24) is 15.5 Å². The summed E-state index contributed by atoms with van der Waals surface area (Å²) in [7, 11) is 4.22. The quantitative estimate of drug-likeness (QED) is 0.736. The monoisotopic (exact) mass is 359 g/mol. The summed E-state index contributed by atoms with van der Waals surface area (Å²) in [6.07, 6.45) is 7.55. The van der Waals surface area contributed by atoms with E-state index < -0.39 is 0 Å². The Morgan fingerprint density at radius 3 is 2.27 bits per heavy atom. The molecule has 1 unspecified atom stereocenters. The van der Waals surface area contributed by atoms with Gasteiger partial charge in [-0.2, -0.15) is 0 Å². The molecule has 0 aliphatic heterocycles. The summed E-state index contributed by atoms with van der Waals surface area (Å²) in [4.78, 5) is 26.8. The summed E-state index contributed by atoms with van der Waals surface area (Å²) in [5, 5.41) is 6.01. The Morgan fingerprint density at radius 2 is 1.69 bits per heavy atom. The van der Waals surface area contributed by atoms with E-state index in [2.05, 4.69) is 29.6 Å². The minimum atomic E-state index is -0.202. The van der Waals surface area contributed by atoms with Gasteiger partial charge in [0.25, 0.3) is 5.91 Å². The lowest BCUT2D eigenvalue weighted by atomic mass is 9.88. The lowest BCUT2D eigenvalue weighted by Crippen LogP contribution is -2.53. The molecule has 0 saturated heterocycles. The second-order valence-electron chi connectivity index (χ2n) is 7.75. The van der Waals surface area contributed by atoms with E-state index in [-0.39, 0.29) is 23.4 Å². The highest BCUT2D eigenvalue weighted by Crippen LogP contribution is 2.30. The van der Waals surface area contributed by atoms with Gasteiger partial charge in [0, 0.05) is 30.1 Å². The van der Waals surface area contributed by atoms with E-state index in [1.807, 2.05) is 25.1 Å². The molecule has 0 heterocycles. The lowest BCUT2D eigenvalue weighted by molar-refractivity contribution is -0.122. The molecule has 2 amide bonds. The third-order valence-electron chi connectivity index (χ3n) is 5.50. The molecule has 1 aliphatic rings.